The minimum atomic E-state index is -0.614. The normalized spacial score (nSPS) is 18.5. The van der Waals surface area contributed by atoms with Gasteiger partial charge in [0, 0.05) is 36.6 Å². The number of thioether (sulfide) groups is 1. The molecule has 0 aromatic heterocycles. The van der Waals surface area contributed by atoms with Gasteiger partial charge in [-0.05, 0) is 37.3 Å². The number of nitrogens with zero attached hydrogens (tertiary/aromatic N) is 2. The summed E-state index contributed by atoms with van der Waals surface area (Å²) in [7, 11) is 1.49. The van der Waals surface area contributed by atoms with E-state index in [1.807, 2.05) is 30.5 Å². The van der Waals surface area contributed by atoms with E-state index in [1.165, 1.54) is 11.9 Å². The molecular formula is C20H25N3O5S. The molecule has 0 unspecified atom stereocenters. The first-order valence-corrected chi connectivity index (χ1v) is 10.7. The van der Waals surface area contributed by atoms with Gasteiger partial charge < -0.3 is 19.9 Å². The van der Waals surface area contributed by atoms with Crippen LogP contribution in [0.25, 0.3) is 0 Å². The Morgan fingerprint density at radius 2 is 2.07 bits per heavy atom. The number of anilines is 1. The number of esters is 1. The van der Waals surface area contributed by atoms with Crippen molar-refractivity contribution in [2.75, 3.05) is 37.9 Å². The van der Waals surface area contributed by atoms with Gasteiger partial charge in [-0.15, -0.1) is 11.8 Å². The van der Waals surface area contributed by atoms with Crippen molar-refractivity contribution >= 4 is 41.1 Å². The largest absolute Gasteiger partial charge is 0.455 e. The zero-order valence-electron chi connectivity index (χ0n) is 16.6. The van der Waals surface area contributed by atoms with Gasteiger partial charge in [-0.25, -0.2) is 0 Å². The summed E-state index contributed by atoms with van der Waals surface area (Å²) in [6.45, 7) is -0.295. The molecule has 8 nitrogen and oxygen atoms in total. The average molecular weight is 420 g/mol. The minimum absolute atomic E-state index is 0.0517. The first-order valence-electron chi connectivity index (χ1n) is 9.51. The predicted molar refractivity (Wildman–Crippen MR) is 108 cm³/mol. The molecule has 1 aliphatic carbocycles. The van der Waals surface area contributed by atoms with Gasteiger partial charge in [0.1, 0.15) is 0 Å². The molecule has 1 heterocycles. The topological polar surface area (TPSA) is 96.0 Å². The van der Waals surface area contributed by atoms with Crippen molar-refractivity contribution in [3.8, 4) is 0 Å². The number of carbonyl (C=O) groups excluding carboxylic acids is 4. The number of nitrogens with one attached hydrogen (secondary N) is 1. The van der Waals surface area contributed by atoms with Gasteiger partial charge in [-0.2, -0.15) is 0 Å². The fourth-order valence-corrected chi connectivity index (χ4v) is 3.51. The summed E-state index contributed by atoms with van der Waals surface area (Å²) in [6.07, 6.45) is 3.95. The lowest BCUT2D eigenvalue weighted by Gasteiger charge is -2.18. The smallest absolute Gasteiger partial charge is 0.311 e. The summed E-state index contributed by atoms with van der Waals surface area (Å²) in [5, 5.41) is 2.80. The van der Waals surface area contributed by atoms with Crippen molar-refractivity contribution in [2.45, 2.75) is 30.2 Å². The van der Waals surface area contributed by atoms with Crippen molar-refractivity contribution < 1.29 is 23.9 Å². The quantitative estimate of drug-likeness (QED) is 0.500. The average Bonchev–Trinajstić information content (AvgIpc) is 3.43. The Bertz CT molecular complexity index is 811. The lowest BCUT2D eigenvalue weighted by Crippen LogP contribution is -2.41. The van der Waals surface area contributed by atoms with Crippen molar-refractivity contribution in [3.05, 3.63) is 24.3 Å². The highest BCUT2D eigenvalue weighted by Gasteiger charge is 2.36. The number of hydrogen-bond donors (Lipinski definition) is 1. The number of hydrogen-bond acceptors (Lipinski definition) is 6. The van der Waals surface area contributed by atoms with Crippen molar-refractivity contribution in [1.29, 1.82) is 0 Å². The van der Waals surface area contributed by atoms with Gasteiger partial charge in [0.2, 0.25) is 11.8 Å². The first kappa shape index (κ1) is 21.2. The molecule has 1 aromatic carbocycles. The van der Waals surface area contributed by atoms with E-state index in [0.717, 1.165) is 23.4 Å². The number of ether oxygens (including phenoxy) is 1. The molecule has 0 spiro atoms. The van der Waals surface area contributed by atoms with Crippen LogP contribution in [-0.4, -0.2) is 67.6 Å². The number of carbonyl (C=O) groups is 4. The molecule has 0 bridgehead atoms. The predicted octanol–water partition coefficient (Wildman–Crippen LogP) is 1.04. The van der Waals surface area contributed by atoms with Crippen molar-refractivity contribution in [3.63, 3.8) is 0 Å². The fraction of sp³-hybridized carbons (Fsp3) is 0.500. The van der Waals surface area contributed by atoms with Gasteiger partial charge in [-0.1, -0.05) is 6.07 Å². The Hall–Kier alpha value is -2.55. The third-order valence-corrected chi connectivity index (χ3v) is 5.64. The van der Waals surface area contributed by atoms with E-state index in [0.29, 0.717) is 0 Å². The van der Waals surface area contributed by atoms with E-state index in [2.05, 4.69) is 5.32 Å². The first-order chi connectivity index (χ1) is 13.9. The highest BCUT2D eigenvalue weighted by molar-refractivity contribution is 7.98. The van der Waals surface area contributed by atoms with E-state index >= 15 is 0 Å². The van der Waals surface area contributed by atoms with Crippen LogP contribution in [0.4, 0.5) is 5.69 Å². The molecule has 1 saturated carbocycles. The van der Waals surface area contributed by atoms with Crippen molar-refractivity contribution in [1.82, 2.24) is 10.2 Å². The van der Waals surface area contributed by atoms with Crippen LogP contribution in [0.15, 0.2) is 29.2 Å². The Balaban J connectivity index is 1.47. The number of likely N-dealkylation sites (N-methyl/N-ethyl adjacent to an activating group) is 1. The van der Waals surface area contributed by atoms with E-state index in [-0.39, 0.29) is 37.4 Å². The van der Waals surface area contributed by atoms with Gasteiger partial charge in [0.05, 0.1) is 12.5 Å². The Morgan fingerprint density at radius 1 is 1.31 bits per heavy atom. The minimum Gasteiger partial charge on any atom is -0.455 e. The maximum Gasteiger partial charge on any atom is 0.311 e. The molecule has 29 heavy (non-hydrogen) atoms. The lowest BCUT2D eigenvalue weighted by atomic mass is 10.1. The molecular weight excluding hydrogens is 394 g/mol. The molecule has 1 aromatic rings. The molecule has 2 fully saturated rings. The molecule has 3 amide bonds. The second-order valence-electron chi connectivity index (χ2n) is 7.31. The lowest BCUT2D eigenvalue weighted by molar-refractivity contribution is -0.155. The molecule has 0 radical (unpaired) electrons. The van der Waals surface area contributed by atoms with Crippen LogP contribution in [0.3, 0.4) is 0 Å². The number of benzene rings is 1. The Morgan fingerprint density at radius 3 is 2.76 bits per heavy atom. The Labute approximate surface area is 173 Å². The van der Waals surface area contributed by atoms with Crippen LogP contribution in [0, 0.1) is 5.92 Å². The van der Waals surface area contributed by atoms with Crippen LogP contribution < -0.4 is 10.2 Å². The van der Waals surface area contributed by atoms with Crippen LogP contribution in [0.2, 0.25) is 0 Å². The molecule has 1 atom stereocenters. The molecule has 156 valence electrons. The molecule has 2 aliphatic rings. The molecule has 1 N–H and O–H groups in total. The summed E-state index contributed by atoms with van der Waals surface area (Å²) in [5.41, 5.74) is 0.745. The maximum absolute atomic E-state index is 12.3. The SMILES string of the molecule is CSc1cccc(N2C[C@H](C(=O)OCC(=O)N(C)CC(=O)NC3CC3)CC2=O)c1. The van der Waals surface area contributed by atoms with Crippen LogP contribution in [0.1, 0.15) is 19.3 Å². The summed E-state index contributed by atoms with van der Waals surface area (Å²) in [5.74, 6) is -2.02. The van der Waals surface area contributed by atoms with Gasteiger partial charge >= 0.3 is 5.97 Å². The van der Waals surface area contributed by atoms with E-state index < -0.39 is 24.4 Å². The highest BCUT2D eigenvalue weighted by Crippen LogP contribution is 2.28. The zero-order chi connectivity index (χ0) is 21.0. The summed E-state index contributed by atoms with van der Waals surface area (Å²) < 4.78 is 5.12. The Kier molecular flexibility index (Phi) is 6.79. The molecule has 9 heteroatoms. The second-order valence-corrected chi connectivity index (χ2v) is 8.19. The van der Waals surface area contributed by atoms with Gasteiger partial charge in [0.15, 0.2) is 6.61 Å². The number of rotatable bonds is 8. The van der Waals surface area contributed by atoms with Crippen molar-refractivity contribution in [2.24, 2.45) is 5.92 Å². The third-order valence-electron chi connectivity index (χ3n) is 4.91. The second kappa shape index (κ2) is 9.30. The van der Waals surface area contributed by atoms with E-state index in [4.69, 9.17) is 4.74 Å². The van der Waals surface area contributed by atoms with Crippen LogP contribution in [-0.2, 0) is 23.9 Å². The van der Waals surface area contributed by atoms with Crippen LogP contribution >= 0.6 is 11.8 Å². The highest BCUT2D eigenvalue weighted by atomic mass is 32.2. The number of amides is 3. The fourth-order valence-electron chi connectivity index (χ4n) is 3.06. The molecule has 1 aliphatic heterocycles. The van der Waals surface area contributed by atoms with Gasteiger partial charge in [0.25, 0.3) is 5.91 Å². The zero-order valence-corrected chi connectivity index (χ0v) is 17.4. The van der Waals surface area contributed by atoms with E-state index in [9.17, 15) is 19.2 Å². The van der Waals surface area contributed by atoms with Crippen LogP contribution in [0.5, 0.6) is 0 Å². The summed E-state index contributed by atoms with van der Waals surface area (Å²) >= 11 is 1.57. The summed E-state index contributed by atoms with van der Waals surface area (Å²) in [4.78, 5) is 52.4. The standard InChI is InChI=1S/C20H25N3O5S/c1-22(11-17(24)21-14-6-7-14)19(26)12-28-20(27)13-8-18(25)23(10-13)15-4-3-5-16(9-15)29-2/h3-5,9,13-14H,6-8,10-12H2,1-2H3,(H,21,24)/t13-/m1/s1. The monoisotopic (exact) mass is 419 g/mol. The van der Waals surface area contributed by atoms with Gasteiger partial charge in [-0.3, -0.25) is 19.2 Å². The maximum atomic E-state index is 12.3. The molecule has 3 rings (SSSR count). The van der Waals surface area contributed by atoms with E-state index in [1.54, 1.807) is 16.7 Å². The molecule has 1 saturated heterocycles. The summed E-state index contributed by atoms with van der Waals surface area (Å²) in [6, 6.07) is 7.78. The third kappa shape index (κ3) is 5.72.